The van der Waals surface area contributed by atoms with Gasteiger partial charge in [0.1, 0.15) is 5.76 Å². The van der Waals surface area contributed by atoms with E-state index in [1.54, 1.807) is 10.4 Å². The van der Waals surface area contributed by atoms with Crippen molar-refractivity contribution in [3.8, 4) is 0 Å². The third-order valence-electron chi connectivity index (χ3n) is 6.96. The van der Waals surface area contributed by atoms with Gasteiger partial charge in [-0.2, -0.15) is 4.31 Å². The van der Waals surface area contributed by atoms with Crippen molar-refractivity contribution < 1.29 is 17.7 Å². The van der Waals surface area contributed by atoms with Crippen LogP contribution < -0.4 is 10.6 Å². The number of fused-ring (bicyclic) bond motifs is 2. The molecule has 8 nitrogen and oxygen atoms in total. The van der Waals surface area contributed by atoms with Gasteiger partial charge in [-0.05, 0) is 57.9 Å². The van der Waals surface area contributed by atoms with Crippen molar-refractivity contribution in [1.29, 1.82) is 0 Å². The average Bonchev–Trinajstić information content (AvgIpc) is 3.43. The van der Waals surface area contributed by atoms with E-state index in [1.165, 1.54) is 0 Å². The topological polar surface area (TPSA) is 105 Å². The molecular formula is C20H30N4O4S. The van der Waals surface area contributed by atoms with Gasteiger partial charge in [-0.1, -0.05) is 11.6 Å². The smallest absolute Gasteiger partial charge is 0.273 e. The summed E-state index contributed by atoms with van der Waals surface area (Å²) < 4.78 is 33.8. The maximum absolute atomic E-state index is 13.4. The molecule has 5 rings (SSSR count). The summed E-state index contributed by atoms with van der Waals surface area (Å²) in [7, 11) is -3.32. The second-order valence-electron chi connectivity index (χ2n) is 9.11. The van der Waals surface area contributed by atoms with Gasteiger partial charge in [-0.25, -0.2) is 8.42 Å². The number of nitrogens with zero attached hydrogens (tertiary/aromatic N) is 2. The van der Waals surface area contributed by atoms with Crippen molar-refractivity contribution >= 4 is 15.9 Å². The molecule has 0 unspecified atom stereocenters. The minimum absolute atomic E-state index is 0.00774. The number of carbonyl (C=O) groups is 1. The highest BCUT2D eigenvalue weighted by atomic mass is 32.2. The molecule has 4 aliphatic rings. The van der Waals surface area contributed by atoms with Gasteiger partial charge >= 0.3 is 0 Å². The van der Waals surface area contributed by atoms with Crippen molar-refractivity contribution in [1.82, 2.24) is 20.1 Å². The van der Waals surface area contributed by atoms with Gasteiger partial charge in [0, 0.05) is 36.7 Å². The quantitative estimate of drug-likeness (QED) is 0.749. The van der Waals surface area contributed by atoms with Crippen LogP contribution in [0.4, 0.5) is 0 Å². The van der Waals surface area contributed by atoms with Gasteiger partial charge in [0.25, 0.3) is 5.91 Å². The molecule has 1 amide bonds. The second kappa shape index (κ2) is 7.67. The van der Waals surface area contributed by atoms with Crippen LogP contribution in [-0.2, 0) is 10.0 Å². The SMILES string of the molecule is O=C(N[C@H]1C[C@H]2CC[C@@H](C1)N2S(=O)(=O)[C@@H]1CCCCNC1)c1cc(C2CC2)on1. The van der Waals surface area contributed by atoms with Gasteiger partial charge in [0.15, 0.2) is 5.69 Å². The molecule has 3 aliphatic heterocycles. The summed E-state index contributed by atoms with van der Waals surface area (Å²) in [4.78, 5) is 12.6. The maximum Gasteiger partial charge on any atom is 0.273 e. The van der Waals surface area contributed by atoms with Gasteiger partial charge in [-0.3, -0.25) is 4.79 Å². The first-order valence-electron chi connectivity index (χ1n) is 11.0. The summed E-state index contributed by atoms with van der Waals surface area (Å²) in [6, 6.07) is 1.72. The summed E-state index contributed by atoms with van der Waals surface area (Å²) in [5, 5.41) is 9.95. The fourth-order valence-corrected chi connectivity index (χ4v) is 7.65. The number of rotatable bonds is 5. The zero-order chi connectivity index (χ0) is 20.0. The van der Waals surface area contributed by atoms with E-state index in [2.05, 4.69) is 15.8 Å². The Kier molecular flexibility index (Phi) is 5.16. The van der Waals surface area contributed by atoms with E-state index in [1.807, 2.05) is 0 Å². The lowest BCUT2D eigenvalue weighted by Gasteiger charge is -2.39. The summed E-state index contributed by atoms with van der Waals surface area (Å²) in [5.41, 5.74) is 0.332. The standard InChI is InChI=1S/C20H30N4O4S/c25-20(18-11-19(28-23-18)13-4-5-13)22-14-9-15-6-7-16(10-14)24(15)29(26,27)17-3-1-2-8-21-12-17/h11,13-17,21H,1-10,12H2,(H,22,25)/t14-,15+,16-,17-/m1/s1. The van der Waals surface area contributed by atoms with Gasteiger partial charge in [0.2, 0.25) is 10.0 Å². The highest BCUT2D eigenvalue weighted by molar-refractivity contribution is 7.89. The molecule has 1 aromatic heterocycles. The molecule has 2 bridgehead atoms. The molecule has 0 radical (unpaired) electrons. The van der Waals surface area contributed by atoms with Crippen LogP contribution in [-0.4, -0.2) is 60.3 Å². The Morgan fingerprint density at radius 3 is 2.62 bits per heavy atom. The molecule has 1 aliphatic carbocycles. The Morgan fingerprint density at radius 1 is 1.14 bits per heavy atom. The van der Waals surface area contributed by atoms with Crippen LogP contribution in [0.3, 0.4) is 0 Å². The Morgan fingerprint density at radius 2 is 1.90 bits per heavy atom. The van der Waals surface area contributed by atoms with E-state index in [4.69, 9.17) is 4.52 Å². The van der Waals surface area contributed by atoms with Crippen molar-refractivity contribution in [2.75, 3.05) is 13.1 Å². The third-order valence-corrected chi connectivity index (χ3v) is 9.39. The molecule has 4 atom stereocenters. The molecule has 4 heterocycles. The number of sulfonamides is 1. The molecule has 3 saturated heterocycles. The minimum Gasteiger partial charge on any atom is -0.360 e. The predicted octanol–water partition coefficient (Wildman–Crippen LogP) is 1.75. The van der Waals surface area contributed by atoms with Crippen LogP contribution in [0.25, 0.3) is 0 Å². The molecule has 0 spiro atoms. The molecule has 2 N–H and O–H groups in total. The fourth-order valence-electron chi connectivity index (χ4n) is 5.30. The predicted molar refractivity (Wildman–Crippen MR) is 107 cm³/mol. The van der Waals surface area contributed by atoms with E-state index in [-0.39, 0.29) is 29.3 Å². The summed E-state index contributed by atoms with van der Waals surface area (Å²) >= 11 is 0. The number of aromatic nitrogens is 1. The normalized spacial score (nSPS) is 33.4. The largest absolute Gasteiger partial charge is 0.360 e. The lowest BCUT2D eigenvalue weighted by Crippen LogP contribution is -2.55. The van der Waals surface area contributed by atoms with E-state index in [0.29, 0.717) is 31.0 Å². The first kappa shape index (κ1) is 19.5. The summed E-state index contributed by atoms with van der Waals surface area (Å²) in [6.45, 7) is 1.45. The zero-order valence-electron chi connectivity index (χ0n) is 16.7. The highest BCUT2D eigenvalue weighted by Gasteiger charge is 2.49. The van der Waals surface area contributed by atoms with Gasteiger partial charge in [0.05, 0.1) is 5.25 Å². The minimum atomic E-state index is -3.32. The molecule has 4 fully saturated rings. The monoisotopic (exact) mass is 422 g/mol. The molecule has 9 heteroatoms. The number of carbonyl (C=O) groups excluding carboxylic acids is 1. The third kappa shape index (κ3) is 3.84. The number of hydrogen-bond donors (Lipinski definition) is 2. The Labute approximate surface area is 171 Å². The Bertz CT molecular complexity index is 844. The molecular weight excluding hydrogens is 392 g/mol. The van der Waals surface area contributed by atoms with Gasteiger partial charge < -0.3 is 15.2 Å². The number of nitrogens with one attached hydrogen (secondary N) is 2. The van der Waals surface area contributed by atoms with Crippen molar-refractivity contribution in [2.24, 2.45) is 0 Å². The fraction of sp³-hybridized carbons (Fsp3) is 0.800. The van der Waals surface area contributed by atoms with E-state index in [0.717, 1.165) is 57.3 Å². The first-order valence-corrected chi connectivity index (χ1v) is 12.5. The molecule has 29 heavy (non-hydrogen) atoms. The molecule has 1 aromatic rings. The molecule has 0 aromatic carbocycles. The maximum atomic E-state index is 13.4. The second-order valence-corrected chi connectivity index (χ2v) is 11.2. The van der Waals surface area contributed by atoms with E-state index < -0.39 is 10.0 Å². The average molecular weight is 423 g/mol. The first-order chi connectivity index (χ1) is 14.0. The lowest BCUT2D eigenvalue weighted by atomic mass is 9.99. The van der Waals surface area contributed by atoms with Crippen molar-refractivity contribution in [3.05, 3.63) is 17.5 Å². The number of piperidine rings is 1. The highest BCUT2D eigenvalue weighted by Crippen LogP contribution is 2.41. The van der Waals surface area contributed by atoms with Crippen molar-refractivity contribution in [2.45, 2.75) is 87.1 Å². The van der Waals surface area contributed by atoms with Crippen LogP contribution in [0.5, 0.6) is 0 Å². The van der Waals surface area contributed by atoms with Crippen LogP contribution in [0, 0.1) is 0 Å². The summed E-state index contributed by atoms with van der Waals surface area (Å²) in [6.07, 6.45) is 8.05. The molecule has 1 saturated carbocycles. The van der Waals surface area contributed by atoms with Crippen LogP contribution in [0.1, 0.15) is 80.0 Å². The Balaban J connectivity index is 1.24. The number of amides is 1. The van der Waals surface area contributed by atoms with Crippen LogP contribution in [0.15, 0.2) is 10.6 Å². The van der Waals surface area contributed by atoms with Crippen LogP contribution in [0.2, 0.25) is 0 Å². The van der Waals surface area contributed by atoms with Crippen molar-refractivity contribution in [3.63, 3.8) is 0 Å². The van der Waals surface area contributed by atoms with Gasteiger partial charge in [-0.15, -0.1) is 0 Å². The van der Waals surface area contributed by atoms with E-state index >= 15 is 0 Å². The number of hydrogen-bond acceptors (Lipinski definition) is 6. The molecule has 160 valence electrons. The van der Waals surface area contributed by atoms with E-state index in [9.17, 15) is 13.2 Å². The Hall–Kier alpha value is -1.45. The lowest BCUT2D eigenvalue weighted by molar-refractivity contribution is 0.0899. The van der Waals surface area contributed by atoms with Crippen LogP contribution >= 0.6 is 0 Å². The zero-order valence-corrected chi connectivity index (χ0v) is 17.5. The summed E-state index contributed by atoms with van der Waals surface area (Å²) in [5.74, 6) is 1.01.